The van der Waals surface area contributed by atoms with E-state index in [4.69, 9.17) is 0 Å². The van der Waals surface area contributed by atoms with Gasteiger partial charge in [0.15, 0.2) is 0 Å². The Labute approximate surface area is 360 Å². The van der Waals surface area contributed by atoms with Crippen LogP contribution in [0.3, 0.4) is 0 Å². The molecule has 290 valence electrons. The van der Waals surface area contributed by atoms with Crippen molar-refractivity contribution in [3.63, 3.8) is 0 Å². The molecule has 2 heterocycles. The summed E-state index contributed by atoms with van der Waals surface area (Å²) in [5.41, 5.74) is 19.3. The molecular formula is C60H40N2. The maximum atomic E-state index is 2.36. The first-order valence-corrected chi connectivity index (χ1v) is 21.3. The first kappa shape index (κ1) is 35.7. The molecule has 2 aromatic heterocycles. The van der Waals surface area contributed by atoms with Crippen LogP contribution in [0, 0.1) is 0 Å². The summed E-state index contributed by atoms with van der Waals surface area (Å²) in [6, 6.07) is 88.2. The van der Waals surface area contributed by atoms with E-state index in [1.165, 1.54) is 111 Å². The summed E-state index contributed by atoms with van der Waals surface area (Å²) in [6.07, 6.45) is 0. The van der Waals surface area contributed by atoms with Gasteiger partial charge in [0.25, 0.3) is 0 Å². The first-order valence-electron chi connectivity index (χ1n) is 21.3. The zero-order valence-electron chi connectivity index (χ0n) is 34.0. The van der Waals surface area contributed by atoms with Crippen LogP contribution in [0.15, 0.2) is 243 Å². The van der Waals surface area contributed by atoms with Crippen molar-refractivity contribution in [1.82, 2.24) is 9.13 Å². The van der Waals surface area contributed by atoms with Gasteiger partial charge in [0.2, 0.25) is 0 Å². The quantitative estimate of drug-likeness (QED) is 0.152. The summed E-state index contributed by atoms with van der Waals surface area (Å²) in [6.45, 7) is 0. The number of hydrogen-bond donors (Lipinski definition) is 0. The molecule has 10 aromatic carbocycles. The molecule has 12 aromatic rings. The second kappa shape index (κ2) is 14.8. The lowest BCUT2D eigenvalue weighted by molar-refractivity contribution is 1.18. The Bertz CT molecular complexity index is 3200. The Balaban J connectivity index is 0.722. The molecule has 62 heavy (non-hydrogen) atoms. The molecule has 0 spiro atoms. The van der Waals surface area contributed by atoms with Crippen LogP contribution in [-0.4, -0.2) is 9.13 Å². The SMILES string of the molecule is c1ccc2c(c1)c1ccccc1n2-c1ccc(-c2ccc(-c3ccc(-c4ccc(-c5ccc(-c6ccc(-n7c8ccccc8c8ccccc87)cc6)cc5)cc4)cc3)cc2)cc1. The van der Waals surface area contributed by atoms with Gasteiger partial charge in [-0.05, 0) is 104 Å². The van der Waals surface area contributed by atoms with Crippen molar-refractivity contribution < 1.29 is 0 Å². The molecule has 0 unspecified atom stereocenters. The fourth-order valence-corrected chi connectivity index (χ4v) is 9.43. The van der Waals surface area contributed by atoms with Gasteiger partial charge in [0.1, 0.15) is 0 Å². The van der Waals surface area contributed by atoms with Crippen molar-refractivity contribution >= 4 is 43.6 Å². The van der Waals surface area contributed by atoms with Crippen LogP contribution in [0.25, 0.3) is 111 Å². The minimum absolute atomic E-state index is 1.17. The van der Waals surface area contributed by atoms with Crippen LogP contribution >= 0.6 is 0 Å². The van der Waals surface area contributed by atoms with Gasteiger partial charge in [-0.25, -0.2) is 0 Å². The molecule has 0 aliphatic carbocycles. The maximum Gasteiger partial charge on any atom is 0.0541 e. The normalized spacial score (nSPS) is 11.5. The van der Waals surface area contributed by atoms with Crippen molar-refractivity contribution in [2.75, 3.05) is 0 Å². The molecule has 0 bridgehead atoms. The molecule has 0 saturated heterocycles. The minimum atomic E-state index is 1.17. The van der Waals surface area contributed by atoms with Crippen molar-refractivity contribution in [2.24, 2.45) is 0 Å². The molecule has 0 fully saturated rings. The van der Waals surface area contributed by atoms with E-state index in [9.17, 15) is 0 Å². The van der Waals surface area contributed by atoms with Crippen LogP contribution in [0.1, 0.15) is 0 Å². The summed E-state index contributed by atoms with van der Waals surface area (Å²) in [5.74, 6) is 0. The predicted molar refractivity (Wildman–Crippen MR) is 262 cm³/mol. The zero-order chi connectivity index (χ0) is 41.0. The molecule has 0 aliphatic heterocycles. The number of aromatic nitrogens is 2. The van der Waals surface area contributed by atoms with Crippen molar-refractivity contribution in [2.45, 2.75) is 0 Å². The van der Waals surface area contributed by atoms with E-state index in [0.29, 0.717) is 0 Å². The van der Waals surface area contributed by atoms with Crippen molar-refractivity contribution in [3.05, 3.63) is 243 Å². The highest BCUT2D eigenvalue weighted by Gasteiger charge is 2.13. The summed E-state index contributed by atoms with van der Waals surface area (Å²) in [4.78, 5) is 0. The molecular weight excluding hydrogens is 749 g/mol. The zero-order valence-corrected chi connectivity index (χ0v) is 34.0. The number of para-hydroxylation sites is 4. The van der Waals surface area contributed by atoms with Crippen molar-refractivity contribution in [3.8, 4) is 67.0 Å². The van der Waals surface area contributed by atoms with E-state index in [0.717, 1.165) is 0 Å². The average Bonchev–Trinajstić information content (AvgIpc) is 3.88. The number of fused-ring (bicyclic) bond motifs is 6. The molecule has 2 nitrogen and oxygen atoms in total. The Hall–Kier alpha value is -8.20. The Morgan fingerprint density at radius 2 is 0.323 bits per heavy atom. The number of rotatable bonds is 7. The fourth-order valence-electron chi connectivity index (χ4n) is 9.43. The topological polar surface area (TPSA) is 9.86 Å². The van der Waals surface area contributed by atoms with E-state index in [1.807, 2.05) is 0 Å². The molecule has 0 atom stereocenters. The lowest BCUT2D eigenvalue weighted by Crippen LogP contribution is -1.93. The highest BCUT2D eigenvalue weighted by atomic mass is 15.0. The monoisotopic (exact) mass is 788 g/mol. The lowest BCUT2D eigenvalue weighted by Gasteiger charge is -2.10. The van der Waals surface area contributed by atoms with Gasteiger partial charge >= 0.3 is 0 Å². The van der Waals surface area contributed by atoms with E-state index in [1.54, 1.807) is 0 Å². The molecule has 0 amide bonds. The number of nitrogens with zero attached hydrogens (tertiary/aromatic N) is 2. The third-order valence-corrected chi connectivity index (χ3v) is 12.6. The third-order valence-electron chi connectivity index (χ3n) is 12.6. The summed E-state index contributed by atoms with van der Waals surface area (Å²) in [5, 5.41) is 5.12. The van der Waals surface area contributed by atoms with E-state index in [2.05, 4.69) is 252 Å². The van der Waals surface area contributed by atoms with Gasteiger partial charge in [-0.2, -0.15) is 0 Å². The van der Waals surface area contributed by atoms with Crippen LogP contribution < -0.4 is 0 Å². The van der Waals surface area contributed by atoms with E-state index < -0.39 is 0 Å². The maximum absolute atomic E-state index is 2.36. The van der Waals surface area contributed by atoms with Crippen LogP contribution in [0.5, 0.6) is 0 Å². The van der Waals surface area contributed by atoms with Gasteiger partial charge in [0.05, 0.1) is 22.1 Å². The van der Waals surface area contributed by atoms with Gasteiger partial charge in [-0.1, -0.05) is 194 Å². The fraction of sp³-hybridized carbons (Fsp3) is 0. The largest absolute Gasteiger partial charge is 0.309 e. The van der Waals surface area contributed by atoms with Crippen LogP contribution in [0.2, 0.25) is 0 Å². The number of hydrogen-bond acceptors (Lipinski definition) is 0. The molecule has 2 heteroatoms. The average molecular weight is 789 g/mol. The summed E-state index contributed by atoms with van der Waals surface area (Å²) in [7, 11) is 0. The molecule has 0 saturated carbocycles. The minimum Gasteiger partial charge on any atom is -0.309 e. The smallest absolute Gasteiger partial charge is 0.0541 e. The Kier molecular flexibility index (Phi) is 8.53. The molecule has 0 radical (unpaired) electrons. The van der Waals surface area contributed by atoms with Crippen LogP contribution in [0.4, 0.5) is 0 Å². The second-order valence-electron chi connectivity index (χ2n) is 16.1. The Morgan fingerprint density at radius 3 is 0.516 bits per heavy atom. The number of benzene rings is 10. The van der Waals surface area contributed by atoms with E-state index in [-0.39, 0.29) is 0 Å². The van der Waals surface area contributed by atoms with E-state index >= 15 is 0 Å². The van der Waals surface area contributed by atoms with Gasteiger partial charge in [-0.3, -0.25) is 0 Å². The highest BCUT2D eigenvalue weighted by molar-refractivity contribution is 6.10. The van der Waals surface area contributed by atoms with Crippen molar-refractivity contribution in [1.29, 1.82) is 0 Å². The highest BCUT2D eigenvalue weighted by Crippen LogP contribution is 2.36. The van der Waals surface area contributed by atoms with Gasteiger partial charge < -0.3 is 9.13 Å². The first-order chi connectivity index (χ1) is 30.7. The predicted octanol–water partition coefficient (Wildman–Crippen LogP) is 16.2. The molecule has 0 N–H and O–H groups in total. The van der Waals surface area contributed by atoms with Gasteiger partial charge in [0, 0.05) is 32.9 Å². The second-order valence-corrected chi connectivity index (χ2v) is 16.1. The standard InChI is InChI=1S/C60H40N2/c1-5-13-57-53(9-1)54-10-2-6-14-58(54)61(57)51-37-33-49(34-38-51)47-29-25-45(26-30-47)43-21-17-41(18-22-43)42-19-23-44(24-20-42)46-27-31-48(32-28-46)50-35-39-52(40-36-50)62-59-15-7-3-11-55(59)56-12-4-8-16-60(56)62/h1-40H. The van der Waals surface area contributed by atoms with Crippen LogP contribution in [-0.2, 0) is 0 Å². The Morgan fingerprint density at radius 1 is 0.161 bits per heavy atom. The summed E-state index contributed by atoms with van der Waals surface area (Å²) >= 11 is 0. The summed E-state index contributed by atoms with van der Waals surface area (Å²) < 4.78 is 4.73. The molecule has 0 aliphatic rings. The lowest BCUT2D eigenvalue weighted by atomic mass is 9.96. The molecule has 12 rings (SSSR count). The third kappa shape index (κ3) is 6.12. The van der Waals surface area contributed by atoms with Gasteiger partial charge in [-0.15, -0.1) is 0 Å².